The smallest absolute Gasteiger partial charge is 0.132 e. The molecule has 0 aromatic heterocycles. The first-order valence-corrected chi connectivity index (χ1v) is 4.11. The highest BCUT2D eigenvalue weighted by Crippen LogP contribution is 2.18. The highest BCUT2D eigenvalue weighted by molar-refractivity contribution is 6.32. The minimum Gasteiger partial charge on any atom is -0.345 e. The Labute approximate surface area is 75.7 Å². The monoisotopic (exact) mass is 181 g/mol. The van der Waals surface area contributed by atoms with Crippen LogP contribution in [0.3, 0.4) is 0 Å². The van der Waals surface area contributed by atoms with E-state index in [1.165, 1.54) is 0 Å². The Kier molecular flexibility index (Phi) is 1.66. The van der Waals surface area contributed by atoms with E-state index in [0.717, 1.165) is 17.1 Å². The molecule has 0 aromatic rings. The minimum absolute atomic E-state index is 0.396. The van der Waals surface area contributed by atoms with Gasteiger partial charge in [0.2, 0.25) is 0 Å². The first-order valence-electron chi connectivity index (χ1n) is 3.58. The van der Waals surface area contributed by atoms with Crippen molar-refractivity contribution in [2.75, 3.05) is 5.88 Å². The lowest BCUT2D eigenvalue weighted by molar-refractivity contribution is 0.495. The molecule has 4 heteroatoms. The van der Waals surface area contributed by atoms with Gasteiger partial charge in [-0.05, 0) is 11.6 Å². The molecule has 1 N–H and O–H groups in total. The molecule has 0 amide bonds. The number of nitrogens with zero attached hydrogens (tertiary/aromatic N) is 2. The summed E-state index contributed by atoms with van der Waals surface area (Å²) in [6.07, 6.45) is 5.58. The summed E-state index contributed by atoms with van der Waals surface area (Å²) >= 11 is 5.67. The van der Waals surface area contributed by atoms with E-state index in [4.69, 9.17) is 11.6 Å². The van der Waals surface area contributed by atoms with Gasteiger partial charge in [-0.1, -0.05) is 6.58 Å². The Morgan fingerprint density at radius 3 is 3.25 bits per heavy atom. The molecule has 0 bridgehead atoms. The molecule has 0 aliphatic carbocycles. The zero-order valence-corrected chi connectivity index (χ0v) is 7.17. The molecule has 0 saturated heterocycles. The SMILES string of the molecule is C=C1C=C2NC=CN2N=C1CCl. The van der Waals surface area contributed by atoms with Gasteiger partial charge in [-0.25, -0.2) is 5.01 Å². The first-order chi connectivity index (χ1) is 5.81. The maximum atomic E-state index is 5.67. The molecule has 0 saturated carbocycles. The van der Waals surface area contributed by atoms with Crippen LogP contribution in [0.2, 0.25) is 0 Å². The first kappa shape index (κ1) is 7.43. The zero-order valence-electron chi connectivity index (χ0n) is 6.42. The van der Waals surface area contributed by atoms with Gasteiger partial charge in [-0.3, -0.25) is 0 Å². The van der Waals surface area contributed by atoms with E-state index in [0.29, 0.717) is 5.88 Å². The second-order valence-corrected chi connectivity index (χ2v) is 2.81. The average Bonchev–Trinajstić information content (AvgIpc) is 2.49. The number of hydrogen-bond donors (Lipinski definition) is 1. The van der Waals surface area contributed by atoms with Gasteiger partial charge in [0.15, 0.2) is 0 Å². The highest BCUT2D eigenvalue weighted by atomic mass is 35.5. The number of halogens is 1. The van der Waals surface area contributed by atoms with Crippen LogP contribution >= 0.6 is 11.6 Å². The van der Waals surface area contributed by atoms with E-state index in [-0.39, 0.29) is 0 Å². The van der Waals surface area contributed by atoms with Crippen LogP contribution in [-0.4, -0.2) is 16.6 Å². The standard InChI is InChI=1S/C8H8ClN3/c1-6-4-8-10-2-3-12(8)11-7(6)5-9/h2-4,10H,1,5H2. The average molecular weight is 182 g/mol. The van der Waals surface area contributed by atoms with E-state index in [1.54, 1.807) is 5.01 Å². The molecule has 12 heavy (non-hydrogen) atoms. The van der Waals surface area contributed by atoms with Crippen LogP contribution in [0.4, 0.5) is 0 Å². The fraction of sp³-hybridized carbons (Fsp3) is 0.125. The number of rotatable bonds is 1. The molecule has 2 heterocycles. The van der Waals surface area contributed by atoms with Crippen molar-refractivity contribution in [3.63, 3.8) is 0 Å². The summed E-state index contributed by atoms with van der Waals surface area (Å²) in [5, 5.41) is 9.02. The van der Waals surface area contributed by atoms with Crippen LogP contribution in [0.1, 0.15) is 0 Å². The Bertz CT molecular complexity index is 314. The Morgan fingerprint density at radius 1 is 1.67 bits per heavy atom. The molecule has 2 aliphatic rings. The lowest BCUT2D eigenvalue weighted by Crippen LogP contribution is -2.21. The van der Waals surface area contributed by atoms with Gasteiger partial charge in [0, 0.05) is 12.4 Å². The summed E-state index contributed by atoms with van der Waals surface area (Å²) < 4.78 is 0. The minimum atomic E-state index is 0.396. The number of allylic oxidation sites excluding steroid dienone is 2. The van der Waals surface area contributed by atoms with Crippen molar-refractivity contribution in [3.05, 3.63) is 36.4 Å². The summed E-state index contributed by atoms with van der Waals surface area (Å²) in [7, 11) is 0. The molecule has 0 fully saturated rings. The van der Waals surface area contributed by atoms with Crippen molar-refractivity contribution < 1.29 is 0 Å². The summed E-state index contributed by atoms with van der Waals surface area (Å²) in [6.45, 7) is 3.84. The highest BCUT2D eigenvalue weighted by Gasteiger charge is 2.17. The van der Waals surface area contributed by atoms with E-state index in [9.17, 15) is 0 Å². The van der Waals surface area contributed by atoms with Gasteiger partial charge in [-0.2, -0.15) is 5.10 Å². The van der Waals surface area contributed by atoms with E-state index in [1.807, 2.05) is 18.5 Å². The Morgan fingerprint density at radius 2 is 2.50 bits per heavy atom. The zero-order chi connectivity index (χ0) is 8.55. The fourth-order valence-corrected chi connectivity index (χ4v) is 1.31. The third-order valence-corrected chi connectivity index (χ3v) is 1.98. The predicted molar refractivity (Wildman–Crippen MR) is 49.5 cm³/mol. The summed E-state index contributed by atoms with van der Waals surface area (Å²) in [5.74, 6) is 1.32. The molecule has 3 nitrogen and oxygen atoms in total. The summed E-state index contributed by atoms with van der Waals surface area (Å²) in [5.41, 5.74) is 1.68. The molecule has 0 atom stereocenters. The molecule has 0 aromatic carbocycles. The summed E-state index contributed by atoms with van der Waals surface area (Å²) in [4.78, 5) is 0. The van der Waals surface area contributed by atoms with Gasteiger partial charge in [0.25, 0.3) is 0 Å². The molecule has 0 unspecified atom stereocenters. The fourth-order valence-electron chi connectivity index (χ4n) is 1.09. The van der Waals surface area contributed by atoms with Crippen molar-refractivity contribution in [2.45, 2.75) is 0 Å². The van der Waals surface area contributed by atoms with Crippen molar-refractivity contribution in [3.8, 4) is 0 Å². The largest absolute Gasteiger partial charge is 0.345 e. The van der Waals surface area contributed by atoms with Crippen molar-refractivity contribution in [2.24, 2.45) is 5.10 Å². The molecular weight excluding hydrogens is 174 g/mol. The Balaban J connectivity index is 2.33. The quantitative estimate of drug-likeness (QED) is 0.619. The maximum absolute atomic E-state index is 5.67. The normalized spacial score (nSPS) is 20.1. The third kappa shape index (κ3) is 1.02. The van der Waals surface area contributed by atoms with Gasteiger partial charge < -0.3 is 5.32 Å². The predicted octanol–water partition coefficient (Wildman–Crippen LogP) is 1.37. The number of fused-ring (bicyclic) bond motifs is 1. The van der Waals surface area contributed by atoms with Crippen LogP contribution in [-0.2, 0) is 0 Å². The van der Waals surface area contributed by atoms with Gasteiger partial charge in [-0.15, -0.1) is 11.6 Å². The third-order valence-electron chi connectivity index (χ3n) is 1.73. The number of hydrogen-bond acceptors (Lipinski definition) is 3. The van der Waals surface area contributed by atoms with Crippen LogP contribution in [0.15, 0.2) is 41.6 Å². The van der Waals surface area contributed by atoms with Crippen LogP contribution in [0.25, 0.3) is 0 Å². The van der Waals surface area contributed by atoms with Crippen molar-refractivity contribution in [1.29, 1.82) is 0 Å². The van der Waals surface area contributed by atoms with Crippen molar-refractivity contribution >= 4 is 17.3 Å². The second-order valence-electron chi connectivity index (χ2n) is 2.54. The molecule has 0 radical (unpaired) electrons. The van der Waals surface area contributed by atoms with Gasteiger partial charge >= 0.3 is 0 Å². The molecule has 2 rings (SSSR count). The van der Waals surface area contributed by atoms with E-state index < -0.39 is 0 Å². The molecule has 2 aliphatic heterocycles. The van der Waals surface area contributed by atoms with Gasteiger partial charge in [0.1, 0.15) is 5.82 Å². The second kappa shape index (κ2) is 2.68. The molecule has 0 spiro atoms. The van der Waals surface area contributed by atoms with E-state index >= 15 is 0 Å². The topological polar surface area (TPSA) is 27.6 Å². The number of nitrogens with one attached hydrogen (secondary N) is 1. The van der Waals surface area contributed by atoms with Crippen LogP contribution in [0, 0.1) is 0 Å². The number of hydrazone groups is 1. The number of alkyl halides is 1. The Hall–Kier alpha value is -1.22. The van der Waals surface area contributed by atoms with Crippen LogP contribution in [0.5, 0.6) is 0 Å². The molecule has 62 valence electrons. The summed E-state index contributed by atoms with van der Waals surface area (Å²) in [6, 6.07) is 0. The lowest BCUT2D eigenvalue weighted by Gasteiger charge is -2.19. The lowest BCUT2D eigenvalue weighted by atomic mass is 10.2. The van der Waals surface area contributed by atoms with Gasteiger partial charge in [0.05, 0.1) is 11.6 Å². The maximum Gasteiger partial charge on any atom is 0.132 e. The van der Waals surface area contributed by atoms with Crippen LogP contribution < -0.4 is 5.32 Å². The van der Waals surface area contributed by atoms with Crippen molar-refractivity contribution in [1.82, 2.24) is 10.3 Å². The van der Waals surface area contributed by atoms with E-state index in [2.05, 4.69) is 17.0 Å². The molecular formula is C8H8ClN3.